The normalized spacial score (nSPS) is 10.3. The molecule has 1 heteroatoms. The Hall–Kier alpha value is -1.24. The third-order valence-corrected chi connectivity index (χ3v) is 2.30. The minimum absolute atomic E-state index is 0.749. The molecule has 82 valence electrons. The van der Waals surface area contributed by atoms with Gasteiger partial charge in [0.25, 0.3) is 0 Å². The van der Waals surface area contributed by atoms with Gasteiger partial charge >= 0.3 is 0 Å². The van der Waals surface area contributed by atoms with Gasteiger partial charge in [-0.15, -0.1) is 0 Å². The minimum atomic E-state index is 0.749. The van der Waals surface area contributed by atoms with Crippen molar-refractivity contribution in [3.63, 3.8) is 0 Å². The Labute approximate surface area is 92.8 Å². The van der Waals surface area contributed by atoms with E-state index in [2.05, 4.69) is 20.4 Å². The summed E-state index contributed by atoms with van der Waals surface area (Å²) >= 11 is 0. The highest BCUT2D eigenvalue weighted by Crippen LogP contribution is 2.14. The monoisotopic (exact) mass is 204 g/mol. The predicted molar refractivity (Wildman–Crippen MR) is 65.5 cm³/mol. The summed E-state index contributed by atoms with van der Waals surface area (Å²) in [6.45, 7) is 9.15. The SMILES string of the molecule is C=C(OCCCC(C)C)c1ccccc1. The van der Waals surface area contributed by atoms with E-state index in [-0.39, 0.29) is 0 Å². The zero-order valence-corrected chi connectivity index (χ0v) is 9.70. The van der Waals surface area contributed by atoms with Crippen molar-refractivity contribution in [1.29, 1.82) is 0 Å². The van der Waals surface area contributed by atoms with Crippen LogP contribution in [0.4, 0.5) is 0 Å². The zero-order valence-electron chi connectivity index (χ0n) is 9.70. The Morgan fingerprint density at radius 1 is 1.27 bits per heavy atom. The van der Waals surface area contributed by atoms with Crippen molar-refractivity contribution >= 4 is 5.76 Å². The molecule has 0 unspecified atom stereocenters. The van der Waals surface area contributed by atoms with E-state index in [0.29, 0.717) is 0 Å². The number of hydrogen-bond acceptors (Lipinski definition) is 1. The summed E-state index contributed by atoms with van der Waals surface area (Å²) in [5.41, 5.74) is 1.07. The van der Waals surface area contributed by atoms with Crippen LogP contribution in [0.25, 0.3) is 5.76 Å². The molecule has 0 aliphatic rings. The van der Waals surface area contributed by atoms with E-state index in [1.807, 2.05) is 30.3 Å². The first-order valence-electron chi connectivity index (χ1n) is 5.57. The van der Waals surface area contributed by atoms with Crippen LogP contribution in [0.5, 0.6) is 0 Å². The van der Waals surface area contributed by atoms with Crippen LogP contribution in [0.15, 0.2) is 36.9 Å². The van der Waals surface area contributed by atoms with Gasteiger partial charge in [-0.2, -0.15) is 0 Å². The summed E-state index contributed by atoms with van der Waals surface area (Å²) in [6.07, 6.45) is 2.31. The highest BCUT2D eigenvalue weighted by atomic mass is 16.5. The maximum atomic E-state index is 5.58. The van der Waals surface area contributed by atoms with E-state index in [1.165, 1.54) is 6.42 Å². The molecule has 1 aromatic carbocycles. The lowest BCUT2D eigenvalue weighted by atomic mass is 10.1. The van der Waals surface area contributed by atoms with Gasteiger partial charge < -0.3 is 4.74 Å². The molecule has 0 spiro atoms. The van der Waals surface area contributed by atoms with E-state index < -0.39 is 0 Å². The van der Waals surface area contributed by atoms with Gasteiger partial charge in [-0.1, -0.05) is 50.8 Å². The van der Waals surface area contributed by atoms with Crippen LogP contribution < -0.4 is 0 Å². The summed E-state index contributed by atoms with van der Waals surface area (Å²) in [4.78, 5) is 0. The third kappa shape index (κ3) is 4.68. The fourth-order valence-electron chi connectivity index (χ4n) is 1.39. The van der Waals surface area contributed by atoms with Crippen LogP contribution in [-0.2, 0) is 4.74 Å². The molecule has 1 rings (SSSR count). The summed E-state index contributed by atoms with van der Waals surface area (Å²) in [5.74, 6) is 1.53. The van der Waals surface area contributed by atoms with Crippen LogP contribution >= 0.6 is 0 Å². The lowest BCUT2D eigenvalue weighted by Gasteiger charge is -2.09. The van der Waals surface area contributed by atoms with E-state index in [1.54, 1.807) is 0 Å². The Kier molecular flexibility index (Phi) is 4.96. The van der Waals surface area contributed by atoms with E-state index in [0.717, 1.165) is 30.3 Å². The molecule has 1 nitrogen and oxygen atoms in total. The lowest BCUT2D eigenvalue weighted by Crippen LogP contribution is -1.96. The standard InChI is InChI=1S/C14H20O/c1-12(2)8-7-11-15-13(3)14-9-5-4-6-10-14/h4-6,9-10,12H,3,7-8,11H2,1-2H3. The van der Waals surface area contributed by atoms with E-state index in [4.69, 9.17) is 4.74 Å². The second-order valence-electron chi connectivity index (χ2n) is 4.17. The molecule has 0 saturated carbocycles. The van der Waals surface area contributed by atoms with Crippen LogP contribution in [-0.4, -0.2) is 6.61 Å². The predicted octanol–water partition coefficient (Wildman–Crippen LogP) is 4.11. The fraction of sp³-hybridized carbons (Fsp3) is 0.429. The fourth-order valence-corrected chi connectivity index (χ4v) is 1.39. The highest BCUT2D eigenvalue weighted by Gasteiger charge is 1.99. The van der Waals surface area contributed by atoms with E-state index >= 15 is 0 Å². The zero-order chi connectivity index (χ0) is 11.1. The first kappa shape index (κ1) is 11.8. The molecule has 0 aliphatic heterocycles. The van der Waals surface area contributed by atoms with Gasteiger partial charge in [-0.25, -0.2) is 0 Å². The van der Waals surface area contributed by atoms with Gasteiger partial charge in [0.15, 0.2) is 0 Å². The molecule has 0 N–H and O–H groups in total. The smallest absolute Gasteiger partial charge is 0.119 e. The topological polar surface area (TPSA) is 9.23 Å². The molecular formula is C14H20O. The molecule has 0 fully saturated rings. The van der Waals surface area contributed by atoms with Crippen molar-refractivity contribution in [2.24, 2.45) is 5.92 Å². The number of benzene rings is 1. The molecule has 1 aromatic rings. The summed E-state index contributed by atoms with van der Waals surface area (Å²) < 4.78 is 5.58. The molecule has 15 heavy (non-hydrogen) atoms. The van der Waals surface area contributed by atoms with Gasteiger partial charge in [0, 0.05) is 5.56 Å². The molecule has 0 heterocycles. The summed E-state index contributed by atoms with van der Waals surface area (Å²) in [7, 11) is 0. The molecule has 0 saturated heterocycles. The van der Waals surface area contributed by atoms with Crippen molar-refractivity contribution in [3.05, 3.63) is 42.5 Å². The Morgan fingerprint density at radius 2 is 1.93 bits per heavy atom. The maximum Gasteiger partial charge on any atom is 0.119 e. The van der Waals surface area contributed by atoms with Crippen molar-refractivity contribution in [2.75, 3.05) is 6.61 Å². The number of hydrogen-bond donors (Lipinski definition) is 0. The molecule has 0 radical (unpaired) electrons. The minimum Gasteiger partial charge on any atom is -0.494 e. The lowest BCUT2D eigenvalue weighted by molar-refractivity contribution is 0.262. The molecule has 0 atom stereocenters. The molecule has 0 aliphatic carbocycles. The van der Waals surface area contributed by atoms with Crippen LogP contribution in [0.3, 0.4) is 0 Å². The molecular weight excluding hydrogens is 184 g/mol. The van der Waals surface area contributed by atoms with Crippen molar-refractivity contribution in [1.82, 2.24) is 0 Å². The van der Waals surface area contributed by atoms with Gasteiger partial charge in [-0.3, -0.25) is 0 Å². The van der Waals surface area contributed by atoms with Gasteiger partial charge in [0.2, 0.25) is 0 Å². The Bertz CT molecular complexity index is 287. The first-order valence-corrected chi connectivity index (χ1v) is 5.57. The van der Waals surface area contributed by atoms with Crippen molar-refractivity contribution in [3.8, 4) is 0 Å². The van der Waals surface area contributed by atoms with Crippen molar-refractivity contribution in [2.45, 2.75) is 26.7 Å². The van der Waals surface area contributed by atoms with Gasteiger partial charge in [0.05, 0.1) is 6.61 Å². The second kappa shape index (κ2) is 6.28. The average molecular weight is 204 g/mol. The van der Waals surface area contributed by atoms with Gasteiger partial charge in [0.1, 0.15) is 5.76 Å². The quantitative estimate of drug-likeness (QED) is 0.500. The molecule has 0 aromatic heterocycles. The van der Waals surface area contributed by atoms with Crippen LogP contribution in [0.2, 0.25) is 0 Å². The Morgan fingerprint density at radius 3 is 2.53 bits per heavy atom. The average Bonchev–Trinajstić information content (AvgIpc) is 2.25. The van der Waals surface area contributed by atoms with Crippen LogP contribution in [0, 0.1) is 5.92 Å². The van der Waals surface area contributed by atoms with E-state index in [9.17, 15) is 0 Å². The third-order valence-electron chi connectivity index (χ3n) is 2.30. The maximum absolute atomic E-state index is 5.58. The van der Waals surface area contributed by atoms with Crippen molar-refractivity contribution < 1.29 is 4.74 Å². The second-order valence-corrected chi connectivity index (χ2v) is 4.17. The van der Waals surface area contributed by atoms with Gasteiger partial charge in [-0.05, 0) is 18.8 Å². The first-order chi connectivity index (χ1) is 7.20. The Balaban J connectivity index is 2.25. The summed E-state index contributed by atoms with van der Waals surface area (Å²) in [5, 5.41) is 0. The largest absolute Gasteiger partial charge is 0.494 e. The number of rotatable bonds is 6. The number of ether oxygens (including phenoxy) is 1. The molecule has 0 amide bonds. The van der Waals surface area contributed by atoms with Crippen LogP contribution in [0.1, 0.15) is 32.3 Å². The summed E-state index contributed by atoms with van der Waals surface area (Å²) in [6, 6.07) is 10.0. The molecule has 0 bridgehead atoms. The highest BCUT2D eigenvalue weighted by molar-refractivity contribution is 5.56.